The number of anilines is 1. The summed E-state index contributed by atoms with van der Waals surface area (Å²) in [7, 11) is -1.20. The Morgan fingerprint density at radius 2 is 1.82 bits per heavy atom. The Morgan fingerprint density at radius 1 is 1.09 bits per heavy atom. The summed E-state index contributed by atoms with van der Waals surface area (Å²) in [6.45, 7) is 0.119. The first-order chi connectivity index (χ1) is 16.3. The van der Waals surface area contributed by atoms with Crippen molar-refractivity contribution >= 4 is 38.6 Å². The van der Waals surface area contributed by atoms with Gasteiger partial charge in [-0.25, -0.2) is 4.72 Å². The Hall–Kier alpha value is -3.17. The molecule has 1 aliphatic heterocycles. The molecule has 5 rings (SSSR count). The Bertz CT molecular complexity index is 1400. The van der Waals surface area contributed by atoms with Crippen molar-refractivity contribution in [2.75, 3.05) is 19.4 Å². The number of benzene rings is 2. The van der Waals surface area contributed by atoms with Crippen molar-refractivity contribution in [3.8, 4) is 11.3 Å². The molecule has 2 aromatic carbocycles. The third-order valence-electron chi connectivity index (χ3n) is 6.84. The second-order valence-corrected chi connectivity index (χ2v) is 11.1. The number of para-hydroxylation sites is 1. The van der Waals surface area contributed by atoms with Gasteiger partial charge in [-0.15, -0.1) is 0 Å². The van der Waals surface area contributed by atoms with Gasteiger partial charge in [0.1, 0.15) is 6.54 Å². The molecule has 2 amide bonds. The van der Waals surface area contributed by atoms with E-state index >= 15 is 0 Å². The normalized spacial score (nSPS) is 16.6. The first-order valence-corrected chi connectivity index (χ1v) is 13.0. The van der Waals surface area contributed by atoms with Crippen molar-refractivity contribution in [2.45, 2.75) is 44.6 Å². The predicted molar refractivity (Wildman–Crippen MR) is 132 cm³/mol. The van der Waals surface area contributed by atoms with E-state index in [1.54, 1.807) is 12.1 Å². The maximum atomic E-state index is 12.8. The Labute approximate surface area is 199 Å². The van der Waals surface area contributed by atoms with Crippen LogP contribution in [0.25, 0.3) is 22.2 Å². The van der Waals surface area contributed by atoms with Crippen LogP contribution in [0.1, 0.15) is 53.9 Å². The van der Waals surface area contributed by atoms with Crippen LogP contribution >= 0.6 is 0 Å². The zero-order chi connectivity index (χ0) is 24.0. The predicted octanol–water partition coefficient (Wildman–Crippen LogP) is 3.84. The SMILES string of the molecule is CN(C)S(=O)(=O)NC(=O)c1ccc2c(C3CCCCC3)c3n(c2c1)CC(=O)Nc1ccccc1-3. The maximum Gasteiger partial charge on any atom is 0.303 e. The van der Waals surface area contributed by atoms with Crippen LogP contribution in [0.3, 0.4) is 0 Å². The molecular weight excluding hydrogens is 452 g/mol. The maximum absolute atomic E-state index is 12.8. The molecular formula is C25H28N4O4S. The van der Waals surface area contributed by atoms with E-state index in [-0.39, 0.29) is 18.0 Å². The van der Waals surface area contributed by atoms with E-state index in [4.69, 9.17) is 0 Å². The highest BCUT2D eigenvalue weighted by molar-refractivity contribution is 7.87. The van der Waals surface area contributed by atoms with Gasteiger partial charge in [0, 0.05) is 30.6 Å². The molecule has 178 valence electrons. The van der Waals surface area contributed by atoms with Crippen LogP contribution in [0.15, 0.2) is 42.5 Å². The first-order valence-electron chi connectivity index (χ1n) is 11.6. The van der Waals surface area contributed by atoms with Crippen molar-refractivity contribution in [1.29, 1.82) is 0 Å². The summed E-state index contributed by atoms with van der Waals surface area (Å²) in [6, 6.07) is 13.1. The van der Waals surface area contributed by atoms with Crippen LogP contribution in [0.5, 0.6) is 0 Å². The van der Waals surface area contributed by atoms with E-state index < -0.39 is 16.1 Å². The minimum absolute atomic E-state index is 0.119. The molecule has 1 fully saturated rings. The lowest BCUT2D eigenvalue weighted by Crippen LogP contribution is -2.39. The number of fused-ring (bicyclic) bond motifs is 5. The van der Waals surface area contributed by atoms with Crippen LogP contribution in [-0.4, -0.2) is 43.2 Å². The van der Waals surface area contributed by atoms with Crippen molar-refractivity contribution < 1.29 is 18.0 Å². The molecule has 9 heteroatoms. The van der Waals surface area contributed by atoms with Gasteiger partial charge >= 0.3 is 10.2 Å². The van der Waals surface area contributed by atoms with Crippen LogP contribution in [0.4, 0.5) is 5.69 Å². The molecule has 2 heterocycles. The second kappa shape index (κ2) is 8.56. The lowest BCUT2D eigenvalue weighted by Gasteiger charge is -2.23. The molecule has 2 N–H and O–H groups in total. The second-order valence-electron chi connectivity index (χ2n) is 9.23. The van der Waals surface area contributed by atoms with E-state index in [0.29, 0.717) is 5.92 Å². The Balaban J connectivity index is 1.72. The fourth-order valence-electron chi connectivity index (χ4n) is 5.18. The van der Waals surface area contributed by atoms with Crippen molar-refractivity contribution in [2.24, 2.45) is 0 Å². The van der Waals surface area contributed by atoms with Crippen molar-refractivity contribution in [3.63, 3.8) is 0 Å². The molecule has 0 spiro atoms. The Kier molecular flexibility index (Phi) is 5.69. The third-order valence-corrected chi connectivity index (χ3v) is 8.24. The first kappa shape index (κ1) is 22.6. The molecule has 2 aliphatic rings. The van der Waals surface area contributed by atoms with Crippen LogP contribution in [0, 0.1) is 0 Å². The monoisotopic (exact) mass is 480 g/mol. The number of carbonyl (C=O) groups is 2. The van der Waals surface area contributed by atoms with Gasteiger partial charge in [0.25, 0.3) is 5.91 Å². The molecule has 0 bridgehead atoms. The number of rotatable bonds is 4. The van der Waals surface area contributed by atoms with E-state index in [0.717, 1.165) is 45.0 Å². The molecule has 1 saturated carbocycles. The summed E-state index contributed by atoms with van der Waals surface area (Å²) in [4.78, 5) is 25.6. The Morgan fingerprint density at radius 3 is 2.56 bits per heavy atom. The van der Waals surface area contributed by atoms with Gasteiger partial charge in [-0.05, 0) is 42.5 Å². The molecule has 0 saturated heterocycles. The molecule has 1 aliphatic carbocycles. The summed E-state index contributed by atoms with van der Waals surface area (Å²) in [5.41, 5.74) is 4.96. The number of nitrogens with one attached hydrogen (secondary N) is 2. The molecule has 34 heavy (non-hydrogen) atoms. The number of hydrogen-bond acceptors (Lipinski definition) is 4. The van der Waals surface area contributed by atoms with Gasteiger partial charge in [0.05, 0.1) is 16.9 Å². The van der Waals surface area contributed by atoms with Gasteiger partial charge in [0.2, 0.25) is 5.91 Å². The number of nitrogens with zero attached hydrogens (tertiary/aromatic N) is 2. The fraction of sp³-hybridized carbons (Fsp3) is 0.360. The number of aromatic nitrogens is 1. The third kappa shape index (κ3) is 3.88. The molecule has 3 aromatic rings. The molecule has 1 aromatic heterocycles. The van der Waals surface area contributed by atoms with Crippen LogP contribution < -0.4 is 10.0 Å². The largest absolute Gasteiger partial charge is 0.331 e. The number of amides is 2. The van der Waals surface area contributed by atoms with E-state index in [9.17, 15) is 18.0 Å². The fourth-order valence-corrected chi connectivity index (χ4v) is 5.71. The highest BCUT2D eigenvalue weighted by Crippen LogP contribution is 2.46. The number of carbonyl (C=O) groups excluding carboxylic acids is 2. The number of hydrogen-bond donors (Lipinski definition) is 2. The zero-order valence-electron chi connectivity index (χ0n) is 19.3. The quantitative estimate of drug-likeness (QED) is 0.592. The summed E-state index contributed by atoms with van der Waals surface area (Å²) < 4.78 is 29.4. The average molecular weight is 481 g/mol. The lowest BCUT2D eigenvalue weighted by atomic mass is 9.81. The summed E-state index contributed by atoms with van der Waals surface area (Å²) in [5, 5.41) is 4.02. The van der Waals surface area contributed by atoms with Crippen molar-refractivity contribution in [3.05, 3.63) is 53.6 Å². The minimum Gasteiger partial charge on any atom is -0.331 e. The van der Waals surface area contributed by atoms with E-state index in [2.05, 4.69) is 10.0 Å². The summed E-state index contributed by atoms with van der Waals surface area (Å²) >= 11 is 0. The van der Waals surface area contributed by atoms with Gasteiger partial charge in [0.15, 0.2) is 0 Å². The standard InChI is InChI=1S/C25H28N4O4S/c1-28(2)34(32,33)27-25(31)17-12-13-19-21(14-17)29-15-22(30)26-20-11-7-6-10-18(20)24(29)23(19)16-8-4-3-5-9-16/h6-7,10-14,16H,3-5,8-9,15H2,1-2H3,(H,26,30)(H,27,31). The zero-order valence-corrected chi connectivity index (χ0v) is 20.1. The summed E-state index contributed by atoms with van der Waals surface area (Å²) in [6.07, 6.45) is 5.72. The van der Waals surface area contributed by atoms with Gasteiger partial charge < -0.3 is 9.88 Å². The van der Waals surface area contributed by atoms with Crippen LogP contribution in [-0.2, 0) is 21.5 Å². The summed E-state index contributed by atoms with van der Waals surface area (Å²) in [5.74, 6) is -0.477. The van der Waals surface area contributed by atoms with Gasteiger partial charge in [-0.3, -0.25) is 9.59 Å². The molecule has 8 nitrogen and oxygen atoms in total. The smallest absolute Gasteiger partial charge is 0.303 e. The average Bonchev–Trinajstić information content (AvgIpc) is 3.04. The lowest BCUT2D eigenvalue weighted by molar-refractivity contribution is -0.116. The molecule has 0 atom stereocenters. The van der Waals surface area contributed by atoms with Crippen molar-refractivity contribution in [1.82, 2.24) is 13.6 Å². The molecule has 0 radical (unpaired) electrons. The minimum atomic E-state index is -3.92. The van der Waals surface area contributed by atoms with E-state index in [1.165, 1.54) is 38.9 Å². The van der Waals surface area contributed by atoms with Crippen LogP contribution in [0.2, 0.25) is 0 Å². The van der Waals surface area contributed by atoms with Gasteiger partial charge in [-0.1, -0.05) is 43.5 Å². The molecule has 0 unspecified atom stereocenters. The highest BCUT2D eigenvalue weighted by atomic mass is 32.2. The van der Waals surface area contributed by atoms with Gasteiger partial charge in [-0.2, -0.15) is 12.7 Å². The topological polar surface area (TPSA) is 101 Å². The van der Waals surface area contributed by atoms with E-state index in [1.807, 2.05) is 34.9 Å². The highest BCUT2D eigenvalue weighted by Gasteiger charge is 2.30.